The van der Waals surface area contributed by atoms with Gasteiger partial charge in [0, 0.05) is 0 Å². The second-order valence-electron chi connectivity index (χ2n) is 3.84. The van der Waals surface area contributed by atoms with Crippen molar-refractivity contribution in [2.45, 2.75) is 29.3 Å². The molecule has 2 fully saturated rings. The first kappa shape index (κ1) is 14.4. The summed E-state index contributed by atoms with van der Waals surface area (Å²) in [6.07, 6.45) is 1.89. The summed E-state index contributed by atoms with van der Waals surface area (Å²) in [4.78, 5) is 0. The van der Waals surface area contributed by atoms with Crippen LogP contribution in [0.5, 0.6) is 0 Å². The van der Waals surface area contributed by atoms with E-state index in [1.807, 2.05) is 0 Å². The van der Waals surface area contributed by atoms with Gasteiger partial charge >= 0.3 is 125 Å². The van der Waals surface area contributed by atoms with Crippen molar-refractivity contribution in [3.05, 3.63) is 20.0 Å². The van der Waals surface area contributed by atoms with Crippen LogP contribution in [-0.4, -0.2) is 48.9 Å². The minimum absolute atomic E-state index is 0.358. The summed E-state index contributed by atoms with van der Waals surface area (Å²) >= 11 is 12.4. The summed E-state index contributed by atoms with van der Waals surface area (Å²) in [5.41, 5.74) is 3.43. The first-order chi connectivity index (χ1) is 8.28. The summed E-state index contributed by atoms with van der Waals surface area (Å²) in [5.74, 6) is -0.358. The van der Waals surface area contributed by atoms with Crippen LogP contribution in [0.25, 0.3) is 0 Å². The molecule has 0 atom stereocenters. The van der Waals surface area contributed by atoms with E-state index >= 15 is 0 Å². The summed E-state index contributed by atoms with van der Waals surface area (Å²) in [7, 11) is 0. The molecule has 2 saturated heterocycles. The van der Waals surface area contributed by atoms with E-state index in [0.717, 1.165) is 36.7 Å². The van der Waals surface area contributed by atoms with E-state index < -0.39 is 0 Å². The Hall–Kier alpha value is 1.02. The zero-order valence-electron chi connectivity index (χ0n) is 9.29. The number of ether oxygens (including phenoxy) is 2. The van der Waals surface area contributed by atoms with Crippen molar-refractivity contribution >= 4 is 53.1 Å². The van der Waals surface area contributed by atoms with Crippen LogP contribution in [-0.2, 0) is 9.47 Å². The summed E-state index contributed by atoms with van der Waals surface area (Å²) < 4.78 is 14.6. The Balaban J connectivity index is 2.03. The molecule has 0 saturated carbocycles. The number of hydrogen-bond donors (Lipinski definition) is 0. The van der Waals surface area contributed by atoms with Crippen molar-refractivity contribution < 1.29 is 9.47 Å². The molecular weight excluding hydrogens is 393 g/mol. The molecule has 0 aromatic heterocycles. The first-order valence-corrected chi connectivity index (χ1v) is 10.4. The SMILES string of the molecule is Cl/C=C1/CCOC2(C[Se]1)C[Se]/C(=C\Cl)CCO2. The van der Waals surface area contributed by atoms with Crippen molar-refractivity contribution in [3.8, 4) is 0 Å². The third-order valence-electron chi connectivity index (χ3n) is 2.63. The van der Waals surface area contributed by atoms with Crippen molar-refractivity contribution in [1.29, 1.82) is 0 Å². The Morgan fingerprint density at radius 1 is 0.941 bits per heavy atom. The third kappa shape index (κ3) is 3.99. The first-order valence-electron chi connectivity index (χ1n) is 5.40. The average molecular weight is 407 g/mol. The standard InChI is InChI=1S/C11H14Cl2O2Se2/c12-5-9-1-3-14-11(7-16-9)8-17-10(6-13)2-4-15-11/h5-6H,1-4,7-8H2/b9-5-,10-6-. The van der Waals surface area contributed by atoms with Gasteiger partial charge in [-0.1, -0.05) is 0 Å². The topological polar surface area (TPSA) is 18.5 Å². The Morgan fingerprint density at radius 2 is 1.41 bits per heavy atom. The predicted octanol–water partition coefficient (Wildman–Crippen LogP) is 2.93. The molecule has 0 bridgehead atoms. The van der Waals surface area contributed by atoms with Crippen molar-refractivity contribution in [2.24, 2.45) is 0 Å². The van der Waals surface area contributed by atoms with Gasteiger partial charge in [0.05, 0.1) is 0 Å². The van der Waals surface area contributed by atoms with Crippen LogP contribution in [0.2, 0.25) is 10.6 Å². The van der Waals surface area contributed by atoms with Crippen LogP contribution >= 0.6 is 23.2 Å². The molecule has 2 nitrogen and oxygen atoms in total. The van der Waals surface area contributed by atoms with Crippen molar-refractivity contribution in [3.63, 3.8) is 0 Å². The molecule has 0 aliphatic carbocycles. The summed E-state index contributed by atoms with van der Waals surface area (Å²) in [6, 6.07) is 0. The van der Waals surface area contributed by atoms with E-state index in [1.165, 1.54) is 8.94 Å². The van der Waals surface area contributed by atoms with Crippen LogP contribution in [0.3, 0.4) is 0 Å². The monoisotopic (exact) mass is 408 g/mol. The fraction of sp³-hybridized carbons (Fsp3) is 0.636. The molecule has 0 amide bonds. The van der Waals surface area contributed by atoms with Crippen LogP contribution < -0.4 is 0 Å². The molecule has 2 rings (SSSR count). The molecule has 96 valence electrons. The Bertz CT molecular complexity index is 299. The van der Waals surface area contributed by atoms with Gasteiger partial charge < -0.3 is 0 Å². The fourth-order valence-corrected chi connectivity index (χ4v) is 7.22. The van der Waals surface area contributed by atoms with Gasteiger partial charge in [0.1, 0.15) is 0 Å². The molecule has 2 aliphatic rings. The summed E-state index contributed by atoms with van der Waals surface area (Å²) in [6.45, 7) is 1.44. The number of halogens is 2. The van der Waals surface area contributed by atoms with Gasteiger partial charge in [-0.2, -0.15) is 0 Å². The second kappa shape index (κ2) is 6.98. The van der Waals surface area contributed by atoms with Gasteiger partial charge in [-0.15, -0.1) is 0 Å². The van der Waals surface area contributed by atoms with Gasteiger partial charge in [0.25, 0.3) is 0 Å². The Morgan fingerprint density at radius 3 is 1.82 bits per heavy atom. The Kier molecular flexibility index (Phi) is 5.92. The molecule has 17 heavy (non-hydrogen) atoms. The zero-order valence-corrected chi connectivity index (χ0v) is 14.2. The summed E-state index contributed by atoms with van der Waals surface area (Å²) in [5, 5.41) is 1.94. The van der Waals surface area contributed by atoms with Gasteiger partial charge in [0.2, 0.25) is 0 Å². The van der Waals surface area contributed by atoms with Crippen LogP contribution in [0.1, 0.15) is 12.8 Å². The van der Waals surface area contributed by atoms with E-state index in [9.17, 15) is 0 Å². The number of hydrogen-bond acceptors (Lipinski definition) is 2. The molecule has 0 aromatic carbocycles. The van der Waals surface area contributed by atoms with Gasteiger partial charge in [0.15, 0.2) is 0 Å². The van der Waals surface area contributed by atoms with Crippen molar-refractivity contribution in [1.82, 2.24) is 0 Å². The van der Waals surface area contributed by atoms with E-state index in [2.05, 4.69) is 0 Å². The van der Waals surface area contributed by atoms with Crippen LogP contribution in [0, 0.1) is 0 Å². The molecule has 0 radical (unpaired) electrons. The molecule has 6 heteroatoms. The quantitative estimate of drug-likeness (QED) is 0.576. The zero-order chi connectivity index (χ0) is 12.1. The molecular formula is C11H14Cl2O2Se2. The average Bonchev–Trinajstić information content (AvgIpc) is 2.68. The normalized spacial score (nSPS) is 36.1. The molecule has 1 spiro atoms. The van der Waals surface area contributed by atoms with Gasteiger partial charge in [-0.3, -0.25) is 0 Å². The Labute approximate surface area is 124 Å². The molecule has 2 heterocycles. The second-order valence-corrected chi connectivity index (χ2v) is 8.90. The van der Waals surface area contributed by atoms with Crippen molar-refractivity contribution in [2.75, 3.05) is 13.2 Å². The third-order valence-corrected chi connectivity index (χ3v) is 9.10. The molecule has 0 unspecified atom stereocenters. The van der Waals surface area contributed by atoms with Gasteiger partial charge in [-0.25, -0.2) is 0 Å². The predicted molar refractivity (Wildman–Crippen MR) is 72.9 cm³/mol. The number of rotatable bonds is 0. The molecule has 0 N–H and O–H groups in total. The minimum atomic E-state index is -0.358. The van der Waals surface area contributed by atoms with E-state index in [0.29, 0.717) is 29.9 Å². The molecule has 0 aromatic rings. The fourth-order valence-electron chi connectivity index (χ4n) is 1.65. The maximum absolute atomic E-state index is 5.98. The van der Waals surface area contributed by atoms with Crippen LogP contribution in [0.4, 0.5) is 0 Å². The van der Waals surface area contributed by atoms with E-state index in [-0.39, 0.29) is 5.79 Å². The maximum atomic E-state index is 5.98. The van der Waals surface area contributed by atoms with Crippen LogP contribution in [0.15, 0.2) is 20.0 Å². The van der Waals surface area contributed by atoms with E-state index in [1.54, 1.807) is 11.1 Å². The van der Waals surface area contributed by atoms with Gasteiger partial charge in [-0.05, 0) is 0 Å². The van der Waals surface area contributed by atoms with E-state index in [4.69, 9.17) is 32.7 Å². The molecule has 2 aliphatic heterocycles.